The van der Waals surface area contributed by atoms with Gasteiger partial charge in [-0.15, -0.1) is 18.3 Å². The largest absolute Gasteiger partial charge is 0.573 e. The van der Waals surface area contributed by atoms with Gasteiger partial charge >= 0.3 is 12.3 Å². The molecule has 1 heterocycles. The Labute approximate surface area is 176 Å². The number of esters is 1. The zero-order valence-electron chi connectivity index (χ0n) is 17.1. The van der Waals surface area contributed by atoms with Gasteiger partial charge in [0.2, 0.25) is 0 Å². The van der Waals surface area contributed by atoms with Crippen molar-refractivity contribution in [2.45, 2.75) is 32.7 Å². The second-order valence-corrected chi connectivity index (χ2v) is 7.54. The standard InChI is InChI=1S/C22H20F3N3O3/c1-21(2,3)31-19(29)13-6-15-4-7-16(8-5-15)20-26-14-28(27-20)17-9-11-18(12-10-17)30-22(23,24)25/h4-14H,1-3H3. The van der Waals surface area contributed by atoms with Crippen LogP contribution in [0.5, 0.6) is 5.75 Å². The summed E-state index contributed by atoms with van der Waals surface area (Å²) in [5.74, 6) is -0.298. The average Bonchev–Trinajstić information content (AvgIpc) is 3.15. The van der Waals surface area contributed by atoms with E-state index in [0.29, 0.717) is 11.5 Å². The number of benzene rings is 2. The smallest absolute Gasteiger partial charge is 0.457 e. The molecule has 0 saturated heterocycles. The Kier molecular flexibility index (Phi) is 6.14. The molecule has 1 aromatic heterocycles. The third kappa shape index (κ3) is 6.70. The summed E-state index contributed by atoms with van der Waals surface area (Å²) in [5.41, 5.74) is 1.52. The Morgan fingerprint density at radius 2 is 1.65 bits per heavy atom. The predicted octanol–water partition coefficient (Wildman–Crippen LogP) is 5.19. The highest BCUT2D eigenvalue weighted by molar-refractivity contribution is 5.87. The minimum atomic E-state index is -4.74. The molecular formula is C22H20F3N3O3. The summed E-state index contributed by atoms with van der Waals surface area (Å²) in [5, 5.41) is 4.35. The molecule has 0 amide bonds. The fourth-order valence-electron chi connectivity index (χ4n) is 2.56. The van der Waals surface area contributed by atoms with Crippen LogP contribution in [0.25, 0.3) is 23.2 Å². The van der Waals surface area contributed by atoms with Crippen molar-refractivity contribution in [3.8, 4) is 22.8 Å². The molecule has 0 N–H and O–H groups in total. The molecule has 0 saturated carbocycles. The summed E-state index contributed by atoms with van der Waals surface area (Å²) in [6, 6.07) is 12.5. The third-order valence-electron chi connectivity index (χ3n) is 3.81. The summed E-state index contributed by atoms with van der Waals surface area (Å²) in [7, 11) is 0. The summed E-state index contributed by atoms with van der Waals surface area (Å²) in [6.07, 6.45) is -0.269. The fourth-order valence-corrected chi connectivity index (χ4v) is 2.56. The highest BCUT2D eigenvalue weighted by Crippen LogP contribution is 2.24. The van der Waals surface area contributed by atoms with Crippen LogP contribution >= 0.6 is 0 Å². The number of rotatable bonds is 5. The van der Waals surface area contributed by atoms with Gasteiger partial charge in [0.05, 0.1) is 5.69 Å². The maximum atomic E-state index is 12.3. The van der Waals surface area contributed by atoms with Crippen molar-refractivity contribution >= 4 is 12.0 Å². The van der Waals surface area contributed by atoms with Crippen molar-refractivity contribution in [2.75, 3.05) is 0 Å². The Morgan fingerprint density at radius 3 is 2.23 bits per heavy atom. The molecule has 0 aliphatic rings. The van der Waals surface area contributed by atoms with Gasteiger partial charge in [0.1, 0.15) is 17.7 Å². The number of halogens is 3. The van der Waals surface area contributed by atoms with E-state index in [1.807, 2.05) is 0 Å². The van der Waals surface area contributed by atoms with Crippen molar-refractivity contribution in [3.63, 3.8) is 0 Å². The molecule has 0 atom stereocenters. The van der Waals surface area contributed by atoms with E-state index >= 15 is 0 Å². The SMILES string of the molecule is CC(C)(C)OC(=O)C=Cc1ccc(-c2ncn(-c3ccc(OC(F)(F)F)cc3)n2)cc1. The lowest BCUT2D eigenvalue weighted by atomic mass is 10.1. The second kappa shape index (κ2) is 8.63. The highest BCUT2D eigenvalue weighted by atomic mass is 19.4. The van der Waals surface area contributed by atoms with E-state index in [9.17, 15) is 18.0 Å². The van der Waals surface area contributed by atoms with Gasteiger partial charge in [-0.3, -0.25) is 0 Å². The topological polar surface area (TPSA) is 66.2 Å². The summed E-state index contributed by atoms with van der Waals surface area (Å²) in [4.78, 5) is 16.0. The molecule has 3 rings (SSSR count). The number of hydrogen-bond acceptors (Lipinski definition) is 5. The van der Waals surface area contributed by atoms with Gasteiger partial charge in [0.25, 0.3) is 0 Å². The molecule has 0 bridgehead atoms. The summed E-state index contributed by atoms with van der Waals surface area (Å²) in [6.45, 7) is 5.39. The zero-order valence-corrected chi connectivity index (χ0v) is 17.1. The van der Waals surface area contributed by atoms with E-state index in [1.165, 1.54) is 41.4 Å². The van der Waals surface area contributed by atoms with E-state index in [4.69, 9.17) is 4.74 Å². The highest BCUT2D eigenvalue weighted by Gasteiger charge is 2.31. The lowest BCUT2D eigenvalue weighted by Gasteiger charge is -2.17. The lowest BCUT2D eigenvalue weighted by molar-refractivity contribution is -0.274. The molecule has 0 spiro atoms. The minimum absolute atomic E-state index is 0.313. The Balaban J connectivity index is 1.68. The molecule has 9 heteroatoms. The molecule has 3 aromatic rings. The van der Waals surface area contributed by atoms with Crippen LogP contribution in [0.15, 0.2) is 60.9 Å². The van der Waals surface area contributed by atoms with Crippen LogP contribution in [0, 0.1) is 0 Å². The molecule has 6 nitrogen and oxygen atoms in total. The van der Waals surface area contributed by atoms with Gasteiger partial charge in [-0.2, -0.15) is 0 Å². The fraction of sp³-hybridized carbons (Fsp3) is 0.227. The van der Waals surface area contributed by atoms with Crippen molar-refractivity contribution in [3.05, 3.63) is 66.5 Å². The molecule has 0 unspecified atom stereocenters. The van der Waals surface area contributed by atoms with Crippen LogP contribution in [-0.2, 0) is 9.53 Å². The van der Waals surface area contributed by atoms with E-state index in [0.717, 1.165) is 11.1 Å². The van der Waals surface area contributed by atoms with Crippen molar-refractivity contribution in [1.82, 2.24) is 14.8 Å². The molecule has 162 valence electrons. The molecule has 31 heavy (non-hydrogen) atoms. The summed E-state index contributed by atoms with van der Waals surface area (Å²) < 4.78 is 47.3. The van der Waals surface area contributed by atoms with Crippen molar-refractivity contribution < 1.29 is 27.4 Å². The quantitative estimate of drug-likeness (QED) is 0.411. The van der Waals surface area contributed by atoms with Gasteiger partial charge in [0, 0.05) is 11.6 Å². The van der Waals surface area contributed by atoms with Gasteiger partial charge in [-0.25, -0.2) is 14.5 Å². The van der Waals surface area contributed by atoms with Gasteiger partial charge in [-0.05, 0) is 56.7 Å². The first-order chi connectivity index (χ1) is 14.5. The molecule has 2 aromatic carbocycles. The van der Waals surface area contributed by atoms with Crippen LogP contribution < -0.4 is 4.74 Å². The molecular weight excluding hydrogens is 411 g/mol. The van der Waals surface area contributed by atoms with Crippen LogP contribution in [0.2, 0.25) is 0 Å². The molecule has 0 aliphatic heterocycles. The van der Waals surface area contributed by atoms with E-state index in [1.54, 1.807) is 51.1 Å². The first-order valence-corrected chi connectivity index (χ1v) is 9.28. The van der Waals surface area contributed by atoms with Crippen molar-refractivity contribution in [1.29, 1.82) is 0 Å². The van der Waals surface area contributed by atoms with Crippen LogP contribution in [0.1, 0.15) is 26.3 Å². The first kappa shape index (κ1) is 22.1. The first-order valence-electron chi connectivity index (χ1n) is 9.28. The predicted molar refractivity (Wildman–Crippen MR) is 108 cm³/mol. The lowest BCUT2D eigenvalue weighted by Crippen LogP contribution is -2.22. The van der Waals surface area contributed by atoms with Gasteiger partial charge < -0.3 is 9.47 Å². The summed E-state index contributed by atoms with van der Waals surface area (Å²) >= 11 is 0. The maximum Gasteiger partial charge on any atom is 0.573 e. The normalized spacial score (nSPS) is 12.2. The maximum absolute atomic E-state index is 12.3. The number of alkyl halides is 3. The number of carbonyl (C=O) groups excluding carboxylic acids is 1. The number of hydrogen-bond donors (Lipinski definition) is 0. The average molecular weight is 431 g/mol. The number of aromatic nitrogens is 3. The molecule has 0 fully saturated rings. The second-order valence-electron chi connectivity index (χ2n) is 7.54. The van der Waals surface area contributed by atoms with Crippen LogP contribution in [-0.4, -0.2) is 32.7 Å². The van der Waals surface area contributed by atoms with E-state index in [2.05, 4.69) is 14.8 Å². The van der Waals surface area contributed by atoms with E-state index < -0.39 is 17.9 Å². The molecule has 0 radical (unpaired) electrons. The van der Waals surface area contributed by atoms with Gasteiger partial charge in [0.15, 0.2) is 5.82 Å². The Bertz CT molecular complexity index is 1060. The third-order valence-corrected chi connectivity index (χ3v) is 3.81. The van der Waals surface area contributed by atoms with Crippen LogP contribution in [0.4, 0.5) is 13.2 Å². The Hall–Kier alpha value is -3.62. The monoisotopic (exact) mass is 431 g/mol. The van der Waals surface area contributed by atoms with Crippen LogP contribution in [0.3, 0.4) is 0 Å². The number of nitrogens with zero attached hydrogens (tertiary/aromatic N) is 3. The number of carbonyl (C=O) groups is 1. The van der Waals surface area contributed by atoms with E-state index in [-0.39, 0.29) is 5.75 Å². The van der Waals surface area contributed by atoms with Gasteiger partial charge in [-0.1, -0.05) is 24.3 Å². The molecule has 0 aliphatic carbocycles. The minimum Gasteiger partial charge on any atom is -0.457 e. The number of ether oxygens (including phenoxy) is 2. The zero-order chi connectivity index (χ0) is 22.6. The Morgan fingerprint density at radius 1 is 1.00 bits per heavy atom. The van der Waals surface area contributed by atoms with Crippen molar-refractivity contribution in [2.24, 2.45) is 0 Å².